The molecule has 5 rings (SSSR count). The Bertz CT molecular complexity index is 1640. The van der Waals surface area contributed by atoms with Crippen LogP contribution in [-0.2, 0) is 11.2 Å². The lowest BCUT2D eigenvalue weighted by Crippen LogP contribution is -2.34. The first-order valence-electron chi connectivity index (χ1n) is 12.6. The number of fused-ring (bicyclic) bond motifs is 1. The van der Waals surface area contributed by atoms with Crippen molar-refractivity contribution >= 4 is 34.6 Å². The van der Waals surface area contributed by atoms with Gasteiger partial charge in [-0.2, -0.15) is 0 Å². The van der Waals surface area contributed by atoms with Crippen LogP contribution < -0.4 is 10.5 Å². The van der Waals surface area contributed by atoms with Gasteiger partial charge in [-0.3, -0.25) is 9.36 Å². The second-order valence-electron chi connectivity index (χ2n) is 9.49. The van der Waals surface area contributed by atoms with Gasteiger partial charge in [0.1, 0.15) is 41.7 Å². The number of benzene rings is 2. The van der Waals surface area contributed by atoms with Gasteiger partial charge in [-0.05, 0) is 36.2 Å². The minimum Gasteiger partial charge on any atom is -0.490 e. The second kappa shape index (κ2) is 11.3. The maximum Gasteiger partial charge on any atom is 0.339 e. The van der Waals surface area contributed by atoms with Crippen molar-refractivity contribution in [1.29, 1.82) is 0 Å². The lowest BCUT2D eigenvalue weighted by Gasteiger charge is -2.17. The molecule has 0 amide bonds. The first kappa shape index (κ1) is 27.7. The van der Waals surface area contributed by atoms with Crippen molar-refractivity contribution in [2.24, 2.45) is 0 Å². The molecule has 0 saturated carbocycles. The number of nitrogens with zero attached hydrogens (tertiary/aromatic N) is 3. The lowest BCUT2D eigenvalue weighted by atomic mass is 9.98. The number of aromatic carboxylic acids is 2. The molecule has 1 fully saturated rings. The topological polar surface area (TPSA) is 207 Å². The number of aliphatic hydroxyl groups is 2. The van der Waals surface area contributed by atoms with Crippen LogP contribution in [0.2, 0.25) is 0 Å². The summed E-state index contributed by atoms with van der Waals surface area (Å²) < 4.78 is 13.1. The van der Waals surface area contributed by atoms with Crippen LogP contribution in [0.1, 0.15) is 49.3 Å². The smallest absolute Gasteiger partial charge is 0.339 e. The first-order chi connectivity index (χ1) is 19.7. The number of carbonyl (C=O) groups excluding carboxylic acids is 1. The second-order valence-corrected chi connectivity index (χ2v) is 9.49. The summed E-state index contributed by atoms with van der Waals surface area (Å²) in [6.45, 7) is -0.300. The number of carbonyl (C=O) groups is 3. The quantitative estimate of drug-likeness (QED) is 0.176. The summed E-state index contributed by atoms with van der Waals surface area (Å²) in [6, 6.07) is 11.8. The van der Waals surface area contributed by atoms with E-state index in [2.05, 4.69) is 9.97 Å². The largest absolute Gasteiger partial charge is 0.490 e. The highest BCUT2D eigenvalue weighted by Crippen LogP contribution is 2.33. The Morgan fingerprint density at radius 1 is 0.951 bits per heavy atom. The summed E-state index contributed by atoms with van der Waals surface area (Å²) >= 11 is 0. The van der Waals surface area contributed by atoms with Crippen molar-refractivity contribution in [1.82, 2.24) is 14.5 Å². The fourth-order valence-corrected chi connectivity index (χ4v) is 4.73. The van der Waals surface area contributed by atoms with Crippen molar-refractivity contribution in [3.63, 3.8) is 0 Å². The number of imidazole rings is 1. The average molecular weight is 563 g/mol. The number of pyridine rings is 1. The van der Waals surface area contributed by atoms with Crippen molar-refractivity contribution in [2.45, 2.75) is 37.4 Å². The number of aryl methyl sites for hydroxylation is 1. The predicted molar refractivity (Wildman–Crippen MR) is 143 cm³/mol. The highest BCUT2D eigenvalue weighted by Gasteiger charge is 2.44. The third-order valence-corrected chi connectivity index (χ3v) is 6.88. The number of nitrogens with two attached hydrogens (primary N) is 1. The normalized spacial score (nSPS) is 20.2. The van der Waals surface area contributed by atoms with E-state index in [9.17, 15) is 34.8 Å². The highest BCUT2D eigenvalue weighted by molar-refractivity contribution is 6.05. The molecule has 3 heterocycles. The Balaban J connectivity index is 1.29. The van der Waals surface area contributed by atoms with Crippen LogP contribution in [0.5, 0.6) is 5.75 Å². The molecule has 212 valence electrons. The summed E-state index contributed by atoms with van der Waals surface area (Å²) in [7, 11) is 0. The van der Waals surface area contributed by atoms with Gasteiger partial charge in [0.2, 0.25) is 0 Å². The summed E-state index contributed by atoms with van der Waals surface area (Å²) in [6.07, 6.45) is -1.79. The molecule has 2 aromatic heterocycles. The molecule has 0 aliphatic carbocycles. The number of carboxylic acid groups (broad SMARTS) is 2. The molecule has 13 nitrogen and oxygen atoms in total. The van der Waals surface area contributed by atoms with E-state index < -0.39 is 36.5 Å². The monoisotopic (exact) mass is 562 g/mol. The Morgan fingerprint density at radius 3 is 2.41 bits per heavy atom. The van der Waals surface area contributed by atoms with Gasteiger partial charge in [-0.25, -0.2) is 19.6 Å². The van der Waals surface area contributed by atoms with E-state index in [1.165, 1.54) is 53.5 Å². The molecule has 0 spiro atoms. The van der Waals surface area contributed by atoms with Gasteiger partial charge < -0.3 is 35.6 Å². The van der Waals surface area contributed by atoms with Gasteiger partial charge in [-0.15, -0.1) is 0 Å². The molecule has 1 aliphatic heterocycles. The Labute approximate surface area is 232 Å². The number of carboxylic acids is 2. The fraction of sp³-hybridized carbons (Fsp3) is 0.250. The summed E-state index contributed by atoms with van der Waals surface area (Å²) in [4.78, 5) is 44.4. The zero-order valence-corrected chi connectivity index (χ0v) is 21.5. The van der Waals surface area contributed by atoms with Crippen LogP contribution in [0.15, 0.2) is 61.1 Å². The number of hydrogen-bond donors (Lipinski definition) is 5. The summed E-state index contributed by atoms with van der Waals surface area (Å²) in [5.41, 5.74) is 7.48. The molecule has 6 N–H and O–H groups in total. The van der Waals surface area contributed by atoms with Crippen LogP contribution in [-0.4, -0.2) is 77.6 Å². The molecule has 4 atom stereocenters. The standard InChI is InChI=1S/C28H26N4O9/c29-18-9-10-30-25-22(18)31-13-32(25)26-24(35)23(34)21(41-26)12-40-20-11-14(5-7-17(20)28(38)39)6-8-19(33)15-3-1-2-4-16(15)27(36)37/h1-5,7,9-11,13,21,23-24,26,34-35H,6,8,12H2,(H2,29,30)(H,36,37)(H,38,39)/t21-,23-,24-,26-/m1/s1. The maximum absolute atomic E-state index is 12.7. The summed E-state index contributed by atoms with van der Waals surface area (Å²) in [5.74, 6) is -2.86. The van der Waals surface area contributed by atoms with Gasteiger partial charge >= 0.3 is 11.9 Å². The SMILES string of the molecule is Nc1ccnc2c1ncn2[C@@H]1O[C@H](COc2cc(CCC(=O)c3ccccc3C(=O)O)ccc2C(=O)O)[C@@H](O)[C@H]1O. The van der Waals surface area contributed by atoms with E-state index in [-0.39, 0.29) is 47.7 Å². The number of rotatable bonds is 10. The Morgan fingerprint density at radius 2 is 1.68 bits per heavy atom. The van der Waals surface area contributed by atoms with Gasteiger partial charge in [0.25, 0.3) is 0 Å². The fourth-order valence-electron chi connectivity index (χ4n) is 4.73. The number of aliphatic hydroxyl groups excluding tert-OH is 2. The van der Waals surface area contributed by atoms with Gasteiger partial charge in [-0.1, -0.05) is 24.3 Å². The molecule has 1 saturated heterocycles. The average Bonchev–Trinajstić information content (AvgIpc) is 3.51. The molecule has 1 aliphatic rings. The Kier molecular flexibility index (Phi) is 7.66. The molecule has 0 unspecified atom stereocenters. The number of aromatic nitrogens is 3. The molecule has 0 bridgehead atoms. The van der Waals surface area contributed by atoms with Crippen LogP contribution >= 0.6 is 0 Å². The van der Waals surface area contributed by atoms with Crippen LogP contribution in [0.25, 0.3) is 11.2 Å². The number of nitrogen functional groups attached to an aromatic ring is 1. The Hall–Kier alpha value is -4.85. The van der Waals surface area contributed by atoms with Gasteiger partial charge in [0.05, 0.1) is 17.6 Å². The van der Waals surface area contributed by atoms with Crippen LogP contribution in [0.4, 0.5) is 5.69 Å². The summed E-state index contributed by atoms with van der Waals surface area (Å²) in [5, 5.41) is 40.3. The molecular formula is C28H26N4O9. The van der Waals surface area contributed by atoms with E-state index in [1.54, 1.807) is 12.1 Å². The molecule has 41 heavy (non-hydrogen) atoms. The number of anilines is 1. The third kappa shape index (κ3) is 5.45. The van der Waals surface area contributed by atoms with Gasteiger partial charge in [0.15, 0.2) is 17.7 Å². The maximum atomic E-state index is 12.7. The number of hydrogen-bond acceptors (Lipinski definition) is 10. The van der Waals surface area contributed by atoms with E-state index in [0.717, 1.165) is 0 Å². The predicted octanol–water partition coefficient (Wildman–Crippen LogP) is 1.92. The molecule has 0 radical (unpaired) electrons. The molecular weight excluding hydrogens is 536 g/mol. The molecule has 13 heteroatoms. The van der Waals surface area contributed by atoms with E-state index >= 15 is 0 Å². The van der Waals surface area contributed by atoms with Crippen molar-refractivity contribution in [3.8, 4) is 5.75 Å². The van der Waals surface area contributed by atoms with Crippen molar-refractivity contribution < 1.29 is 44.3 Å². The van der Waals surface area contributed by atoms with E-state index in [0.29, 0.717) is 22.4 Å². The third-order valence-electron chi connectivity index (χ3n) is 6.88. The lowest BCUT2D eigenvalue weighted by molar-refractivity contribution is -0.0475. The molecule has 2 aromatic carbocycles. The van der Waals surface area contributed by atoms with E-state index in [1.807, 2.05) is 0 Å². The zero-order valence-electron chi connectivity index (χ0n) is 21.5. The van der Waals surface area contributed by atoms with Crippen LogP contribution in [0, 0.1) is 0 Å². The number of Topliss-reactive ketones (excluding diaryl/α,β-unsaturated/α-hetero) is 1. The minimum absolute atomic E-state index is 0.0219. The highest BCUT2D eigenvalue weighted by atomic mass is 16.6. The number of ketones is 1. The van der Waals surface area contributed by atoms with Gasteiger partial charge in [0, 0.05) is 18.2 Å². The van der Waals surface area contributed by atoms with Crippen molar-refractivity contribution in [3.05, 3.63) is 83.3 Å². The zero-order chi connectivity index (χ0) is 29.3. The van der Waals surface area contributed by atoms with Crippen LogP contribution in [0.3, 0.4) is 0 Å². The van der Waals surface area contributed by atoms with Crippen molar-refractivity contribution in [2.75, 3.05) is 12.3 Å². The number of ether oxygens (including phenoxy) is 2. The minimum atomic E-state index is -1.37. The molecule has 4 aromatic rings. The van der Waals surface area contributed by atoms with E-state index in [4.69, 9.17) is 15.2 Å². The first-order valence-corrected chi connectivity index (χ1v) is 12.6.